The number of halogens is 4. The molecule has 3 rings (SSSR count). The Morgan fingerprint density at radius 3 is 2.60 bits per heavy atom. The van der Waals surface area contributed by atoms with Crippen molar-refractivity contribution in [2.45, 2.75) is 49.9 Å². The van der Waals surface area contributed by atoms with Crippen LogP contribution in [-0.4, -0.2) is 39.9 Å². The maximum absolute atomic E-state index is 14.8. The molecule has 2 aromatic rings. The number of rotatable bonds is 9. The summed E-state index contributed by atoms with van der Waals surface area (Å²) in [4.78, 5) is 16.3. The van der Waals surface area contributed by atoms with E-state index in [1.165, 1.54) is 17.8 Å². The summed E-state index contributed by atoms with van der Waals surface area (Å²) >= 11 is 1.20. The topological polar surface area (TPSA) is 120 Å². The van der Waals surface area contributed by atoms with Crippen molar-refractivity contribution in [2.75, 3.05) is 11.9 Å². The van der Waals surface area contributed by atoms with E-state index in [2.05, 4.69) is 15.6 Å². The lowest BCUT2D eigenvalue weighted by Gasteiger charge is -2.20. The minimum Gasteiger partial charge on any atom is -0.386 e. The number of primary amides is 1. The van der Waals surface area contributed by atoms with Gasteiger partial charge < -0.3 is 26.6 Å². The number of carbonyl (C=O) groups is 1. The van der Waals surface area contributed by atoms with Crippen LogP contribution in [0, 0.1) is 5.82 Å². The predicted octanol–water partition coefficient (Wildman–Crippen LogP) is 3.45. The third kappa shape index (κ3) is 6.94. The number of benzene rings is 1. The lowest BCUT2D eigenvalue weighted by Crippen LogP contribution is -2.38. The van der Waals surface area contributed by atoms with E-state index in [1.54, 1.807) is 44.2 Å². The van der Waals surface area contributed by atoms with Crippen LogP contribution in [0.3, 0.4) is 0 Å². The third-order valence-corrected chi connectivity index (χ3v) is 6.63. The van der Waals surface area contributed by atoms with Crippen LogP contribution in [0.4, 0.5) is 23.4 Å². The number of amides is 1. The summed E-state index contributed by atoms with van der Waals surface area (Å²) in [6.07, 6.45) is -7.03. The van der Waals surface area contributed by atoms with E-state index in [1.807, 2.05) is 0 Å². The Kier molecular flexibility index (Phi) is 8.10. The predicted molar refractivity (Wildman–Crippen MR) is 124 cm³/mol. The average Bonchev–Trinajstić information content (AvgIpc) is 3.16. The van der Waals surface area contributed by atoms with Gasteiger partial charge in [-0.05, 0) is 44.0 Å². The number of alkyl halides is 3. The molecule has 2 atom stereocenters. The van der Waals surface area contributed by atoms with Gasteiger partial charge in [-0.15, -0.1) is 0 Å². The largest absolute Gasteiger partial charge is 0.415 e. The van der Waals surface area contributed by atoms with Crippen LogP contribution in [0.2, 0.25) is 0 Å². The highest BCUT2D eigenvalue weighted by atomic mass is 32.2. The van der Waals surface area contributed by atoms with Crippen LogP contribution >= 0.6 is 11.8 Å². The number of anilines is 1. The van der Waals surface area contributed by atoms with Gasteiger partial charge in [0.15, 0.2) is 6.10 Å². The Morgan fingerprint density at radius 2 is 2.00 bits per heavy atom. The number of nitrogens with one attached hydrogen (secondary N) is 2. The fourth-order valence-corrected chi connectivity index (χ4v) is 4.75. The van der Waals surface area contributed by atoms with Crippen LogP contribution in [0.25, 0.3) is 0 Å². The van der Waals surface area contributed by atoms with Crippen LogP contribution < -0.4 is 16.4 Å². The second-order valence-electron chi connectivity index (χ2n) is 8.61. The van der Waals surface area contributed by atoms with Crippen LogP contribution in [0.1, 0.15) is 42.3 Å². The molecule has 12 heteroatoms. The van der Waals surface area contributed by atoms with Crippen molar-refractivity contribution in [2.24, 2.45) is 5.73 Å². The highest BCUT2D eigenvalue weighted by molar-refractivity contribution is 8.03. The first-order valence-corrected chi connectivity index (χ1v) is 11.5. The molecule has 0 spiro atoms. The molecule has 0 saturated heterocycles. The Hall–Kier alpha value is -2.67. The van der Waals surface area contributed by atoms with Crippen molar-refractivity contribution >= 4 is 23.5 Å². The van der Waals surface area contributed by atoms with Gasteiger partial charge in [0.05, 0.1) is 16.3 Å². The number of nitrogens with two attached hydrogens (primary N) is 1. The molecule has 1 aromatic carbocycles. The number of hydrogen-bond donors (Lipinski definition) is 5. The fourth-order valence-electron chi connectivity index (χ4n) is 3.41. The van der Waals surface area contributed by atoms with E-state index >= 15 is 0 Å². The molecule has 2 heterocycles. The van der Waals surface area contributed by atoms with Crippen molar-refractivity contribution in [3.05, 3.63) is 69.6 Å². The lowest BCUT2D eigenvalue weighted by atomic mass is 9.95. The molecule has 190 valence electrons. The molecule has 0 radical (unpaired) electrons. The number of aliphatic hydroxyl groups is 2. The van der Waals surface area contributed by atoms with E-state index in [0.29, 0.717) is 27.7 Å². The maximum atomic E-state index is 14.8. The number of pyridine rings is 1. The first kappa shape index (κ1) is 26.9. The Balaban J connectivity index is 1.71. The van der Waals surface area contributed by atoms with Crippen LogP contribution in [0.5, 0.6) is 0 Å². The number of hydrogen-bond acceptors (Lipinski definition) is 7. The van der Waals surface area contributed by atoms with Gasteiger partial charge in [0.25, 0.3) is 0 Å². The monoisotopic (exact) mass is 514 g/mol. The normalized spacial score (nSPS) is 17.5. The number of nitrogens with zero attached hydrogens (tertiary/aromatic N) is 1. The van der Waals surface area contributed by atoms with Crippen molar-refractivity contribution in [3.8, 4) is 0 Å². The Morgan fingerprint density at radius 1 is 1.29 bits per heavy atom. The Bertz CT molecular complexity index is 1120. The van der Waals surface area contributed by atoms with E-state index in [9.17, 15) is 27.5 Å². The van der Waals surface area contributed by atoms with E-state index in [0.717, 1.165) is 0 Å². The summed E-state index contributed by atoms with van der Waals surface area (Å²) in [6, 6.07) is 9.28. The molecule has 1 amide bonds. The second kappa shape index (κ2) is 10.5. The van der Waals surface area contributed by atoms with Gasteiger partial charge in [-0.3, -0.25) is 4.79 Å². The molecule has 0 aliphatic carbocycles. The quantitative estimate of drug-likeness (QED) is 0.325. The van der Waals surface area contributed by atoms with E-state index < -0.39 is 41.4 Å². The van der Waals surface area contributed by atoms with Gasteiger partial charge in [-0.1, -0.05) is 30.0 Å². The minimum absolute atomic E-state index is 0.0289. The zero-order chi connectivity index (χ0) is 26.0. The summed E-state index contributed by atoms with van der Waals surface area (Å²) in [5.74, 6) is -0.866. The average molecular weight is 515 g/mol. The molecule has 1 aromatic heterocycles. The summed E-state index contributed by atoms with van der Waals surface area (Å²) < 4.78 is 52.1. The van der Waals surface area contributed by atoms with Gasteiger partial charge in [0.2, 0.25) is 5.91 Å². The second-order valence-corrected chi connectivity index (χ2v) is 9.82. The van der Waals surface area contributed by atoms with Crippen molar-refractivity contribution in [1.29, 1.82) is 0 Å². The molecule has 0 fully saturated rings. The third-order valence-electron chi connectivity index (χ3n) is 5.34. The van der Waals surface area contributed by atoms with E-state index in [-0.39, 0.29) is 18.5 Å². The number of carbonyl (C=O) groups excluding carboxylic acids is 1. The smallest absolute Gasteiger partial charge is 0.386 e. The molecule has 1 aliphatic rings. The summed E-state index contributed by atoms with van der Waals surface area (Å²) in [6.45, 7) is 2.39. The standard InChI is InChI=1S/C23H26F4N4O3S/c1-22(2,34)12-6-7-14(16(24)8-12)17-9-15(20(28)33)21(35-17)31-19-5-3-4-13(30-19)10-29-11-18(32)23(25,26)27/h3-8,17-18,29,32,34H,9-11H2,1-2H3,(H2,28,33)(H,30,31). The number of aromatic nitrogens is 1. The molecule has 1 aliphatic heterocycles. The highest BCUT2D eigenvalue weighted by Crippen LogP contribution is 2.48. The molecule has 6 N–H and O–H groups in total. The molecular weight excluding hydrogens is 488 g/mol. The van der Waals surface area contributed by atoms with Gasteiger partial charge in [-0.25, -0.2) is 9.37 Å². The van der Waals surface area contributed by atoms with Gasteiger partial charge in [0.1, 0.15) is 11.6 Å². The molecule has 7 nitrogen and oxygen atoms in total. The molecule has 2 unspecified atom stereocenters. The zero-order valence-electron chi connectivity index (χ0n) is 19.0. The van der Waals surface area contributed by atoms with Crippen molar-refractivity contribution < 1.29 is 32.6 Å². The fraction of sp³-hybridized carbons (Fsp3) is 0.391. The molecule has 0 bridgehead atoms. The number of thioether (sulfide) groups is 1. The summed E-state index contributed by atoms with van der Waals surface area (Å²) in [5, 5.41) is 24.6. The van der Waals surface area contributed by atoms with Crippen molar-refractivity contribution in [3.63, 3.8) is 0 Å². The van der Waals surface area contributed by atoms with Gasteiger partial charge in [0, 0.05) is 29.5 Å². The van der Waals surface area contributed by atoms with Gasteiger partial charge >= 0.3 is 6.18 Å². The minimum atomic E-state index is -4.72. The summed E-state index contributed by atoms with van der Waals surface area (Å²) in [5.41, 5.74) is 5.77. The maximum Gasteiger partial charge on any atom is 0.415 e. The van der Waals surface area contributed by atoms with Crippen molar-refractivity contribution in [1.82, 2.24) is 10.3 Å². The highest BCUT2D eigenvalue weighted by Gasteiger charge is 2.37. The summed E-state index contributed by atoms with van der Waals surface area (Å²) in [7, 11) is 0. The Labute approximate surface area is 203 Å². The zero-order valence-corrected chi connectivity index (χ0v) is 19.8. The first-order valence-electron chi connectivity index (χ1n) is 10.7. The lowest BCUT2D eigenvalue weighted by molar-refractivity contribution is -0.201. The van der Waals surface area contributed by atoms with Gasteiger partial charge in [-0.2, -0.15) is 13.2 Å². The van der Waals surface area contributed by atoms with Crippen LogP contribution in [-0.2, 0) is 16.9 Å². The molecule has 0 saturated carbocycles. The number of aliphatic hydroxyl groups excluding tert-OH is 1. The molecule has 35 heavy (non-hydrogen) atoms. The molecular formula is C23H26F4N4O3S. The van der Waals surface area contributed by atoms with Crippen LogP contribution in [0.15, 0.2) is 47.0 Å². The SMILES string of the molecule is CC(C)(O)c1ccc(C2CC(C(N)=O)=C(Nc3cccc(CNCC(O)C(F)(F)F)n3)S2)c(F)c1. The van der Waals surface area contributed by atoms with E-state index in [4.69, 9.17) is 10.8 Å². The first-order chi connectivity index (χ1) is 16.3.